The number of methoxy groups -OCH3 is 1. The molecule has 5 heterocycles. The zero-order chi connectivity index (χ0) is 27.1. The molecule has 1 amide bonds. The summed E-state index contributed by atoms with van der Waals surface area (Å²) in [6, 6.07) is 10.7. The molecule has 1 aromatic carbocycles. The van der Waals surface area contributed by atoms with Gasteiger partial charge in [0.05, 0.1) is 42.0 Å². The Kier molecular flexibility index (Phi) is 6.54. The number of nitrogens with zero attached hydrogens (tertiary/aromatic N) is 4. The SMILES string of the molecule is COCC1(c2ccc(Nc3ccc(-c4cnc5cc(F)ccn45)c4c3C(=O)NC4)nc2CN(C)C)CCOC1. The molecule has 0 aliphatic carbocycles. The summed E-state index contributed by atoms with van der Waals surface area (Å²) in [7, 11) is 5.75. The molecule has 9 nitrogen and oxygen atoms in total. The fourth-order valence-electron chi connectivity index (χ4n) is 5.75. The molecule has 3 aromatic heterocycles. The van der Waals surface area contributed by atoms with Crippen molar-refractivity contribution in [3.05, 3.63) is 77.0 Å². The van der Waals surface area contributed by atoms with Crippen molar-refractivity contribution in [2.24, 2.45) is 0 Å². The van der Waals surface area contributed by atoms with E-state index in [1.165, 1.54) is 12.1 Å². The summed E-state index contributed by atoms with van der Waals surface area (Å²) in [5.74, 6) is 0.158. The zero-order valence-corrected chi connectivity index (χ0v) is 22.3. The lowest BCUT2D eigenvalue weighted by atomic mass is 9.79. The fourth-order valence-corrected chi connectivity index (χ4v) is 5.75. The summed E-state index contributed by atoms with van der Waals surface area (Å²) in [5.41, 5.74) is 6.13. The van der Waals surface area contributed by atoms with Gasteiger partial charge in [0.15, 0.2) is 0 Å². The predicted molar refractivity (Wildman–Crippen MR) is 146 cm³/mol. The lowest BCUT2D eigenvalue weighted by Crippen LogP contribution is -2.34. The van der Waals surface area contributed by atoms with Gasteiger partial charge in [0.25, 0.3) is 5.91 Å². The minimum atomic E-state index is -0.345. The number of carbonyl (C=O) groups excluding carboxylic acids is 1. The summed E-state index contributed by atoms with van der Waals surface area (Å²) < 4.78 is 26.9. The third-order valence-corrected chi connectivity index (χ3v) is 7.52. The molecule has 202 valence electrons. The van der Waals surface area contributed by atoms with Gasteiger partial charge in [-0.15, -0.1) is 0 Å². The Morgan fingerprint density at radius 3 is 2.90 bits per heavy atom. The summed E-state index contributed by atoms with van der Waals surface area (Å²) >= 11 is 0. The number of carbonyl (C=O) groups is 1. The zero-order valence-electron chi connectivity index (χ0n) is 22.3. The van der Waals surface area contributed by atoms with Crippen LogP contribution in [0.1, 0.15) is 33.6 Å². The molecule has 0 bridgehead atoms. The Balaban J connectivity index is 1.39. The van der Waals surface area contributed by atoms with E-state index in [1.54, 1.807) is 19.5 Å². The van der Waals surface area contributed by atoms with Crippen LogP contribution in [0.25, 0.3) is 16.9 Å². The first-order valence-electron chi connectivity index (χ1n) is 12.9. The Hall–Kier alpha value is -3.86. The van der Waals surface area contributed by atoms with Crippen LogP contribution in [0.5, 0.6) is 0 Å². The molecular formula is C29H31FN6O3. The van der Waals surface area contributed by atoms with Gasteiger partial charge in [-0.05, 0) is 49.8 Å². The van der Waals surface area contributed by atoms with E-state index in [1.807, 2.05) is 36.7 Å². The molecule has 1 fully saturated rings. The summed E-state index contributed by atoms with van der Waals surface area (Å²) in [6.07, 6.45) is 4.23. The number of anilines is 2. The van der Waals surface area contributed by atoms with Crippen molar-refractivity contribution in [3.8, 4) is 11.3 Å². The quantitative estimate of drug-likeness (QED) is 0.357. The minimum Gasteiger partial charge on any atom is -0.384 e. The van der Waals surface area contributed by atoms with Gasteiger partial charge in [-0.1, -0.05) is 12.1 Å². The number of fused-ring (bicyclic) bond motifs is 2. The number of benzene rings is 1. The van der Waals surface area contributed by atoms with Crippen molar-refractivity contribution in [2.45, 2.75) is 24.9 Å². The van der Waals surface area contributed by atoms with Gasteiger partial charge < -0.3 is 25.0 Å². The van der Waals surface area contributed by atoms with Gasteiger partial charge in [-0.2, -0.15) is 0 Å². The molecule has 1 atom stereocenters. The molecule has 6 rings (SSSR count). The second-order valence-electron chi connectivity index (χ2n) is 10.5. The highest BCUT2D eigenvalue weighted by Gasteiger charge is 2.39. The molecule has 1 unspecified atom stereocenters. The summed E-state index contributed by atoms with van der Waals surface area (Å²) in [5, 5.41) is 6.35. The van der Waals surface area contributed by atoms with Crippen molar-refractivity contribution < 1.29 is 18.7 Å². The molecule has 0 spiro atoms. The van der Waals surface area contributed by atoms with Crippen LogP contribution in [0.4, 0.5) is 15.9 Å². The van der Waals surface area contributed by atoms with E-state index in [0.29, 0.717) is 55.6 Å². The number of amides is 1. The molecule has 2 aliphatic rings. The first kappa shape index (κ1) is 25.4. The van der Waals surface area contributed by atoms with Crippen LogP contribution < -0.4 is 10.6 Å². The summed E-state index contributed by atoms with van der Waals surface area (Å²) in [4.78, 5) is 24.4. The second kappa shape index (κ2) is 10.0. The largest absolute Gasteiger partial charge is 0.384 e. The highest BCUT2D eigenvalue weighted by Crippen LogP contribution is 2.38. The van der Waals surface area contributed by atoms with Crippen molar-refractivity contribution in [1.29, 1.82) is 0 Å². The second-order valence-corrected chi connectivity index (χ2v) is 10.5. The maximum atomic E-state index is 13.7. The first-order valence-corrected chi connectivity index (χ1v) is 12.9. The number of hydrogen-bond acceptors (Lipinski definition) is 7. The van der Waals surface area contributed by atoms with Gasteiger partial charge in [-0.3, -0.25) is 9.20 Å². The van der Waals surface area contributed by atoms with E-state index < -0.39 is 0 Å². The van der Waals surface area contributed by atoms with Crippen LogP contribution in [0, 0.1) is 5.82 Å². The van der Waals surface area contributed by atoms with E-state index in [-0.39, 0.29) is 17.1 Å². The van der Waals surface area contributed by atoms with Crippen LogP contribution in [0.2, 0.25) is 0 Å². The van der Waals surface area contributed by atoms with Gasteiger partial charge >= 0.3 is 0 Å². The number of ether oxygens (including phenoxy) is 2. The maximum absolute atomic E-state index is 13.7. The summed E-state index contributed by atoms with van der Waals surface area (Å²) in [6.45, 7) is 2.90. The van der Waals surface area contributed by atoms with Gasteiger partial charge in [0.2, 0.25) is 0 Å². The lowest BCUT2D eigenvalue weighted by Gasteiger charge is -2.30. The third-order valence-electron chi connectivity index (χ3n) is 7.52. The van der Waals surface area contributed by atoms with Crippen LogP contribution in [-0.2, 0) is 28.0 Å². The minimum absolute atomic E-state index is 0.151. The number of halogens is 1. The third kappa shape index (κ3) is 4.54. The fraction of sp³-hybridized carbons (Fsp3) is 0.345. The van der Waals surface area contributed by atoms with Gasteiger partial charge in [0, 0.05) is 50.0 Å². The number of pyridine rings is 2. The monoisotopic (exact) mass is 530 g/mol. The van der Waals surface area contributed by atoms with Crippen LogP contribution in [0.3, 0.4) is 0 Å². The standard InChI is InChI=1S/C29H31FN6O3/c1-35(2)15-23-21(29(16-38-3)9-11-39-17-29)5-7-25(34-23)33-22-6-4-19(20-13-32-28(37)27(20)22)24-14-31-26-12-18(30)8-10-36(24)26/h4-8,10,12,14H,9,11,13,15-17H2,1-3H3,(H,32,37)(H,33,34). The first-order chi connectivity index (χ1) is 18.9. The number of aromatic nitrogens is 3. The highest BCUT2D eigenvalue weighted by atomic mass is 19.1. The van der Waals surface area contributed by atoms with Crippen molar-refractivity contribution in [1.82, 2.24) is 24.6 Å². The average Bonchev–Trinajstić information content (AvgIpc) is 3.64. The number of rotatable bonds is 8. The van der Waals surface area contributed by atoms with Crippen molar-refractivity contribution in [2.75, 3.05) is 46.3 Å². The molecule has 0 radical (unpaired) electrons. The van der Waals surface area contributed by atoms with Gasteiger partial charge in [-0.25, -0.2) is 14.4 Å². The van der Waals surface area contributed by atoms with Crippen LogP contribution in [0.15, 0.2) is 48.8 Å². The maximum Gasteiger partial charge on any atom is 0.254 e. The predicted octanol–water partition coefficient (Wildman–Crippen LogP) is 3.89. The molecule has 1 saturated heterocycles. The average molecular weight is 531 g/mol. The highest BCUT2D eigenvalue weighted by molar-refractivity contribution is 6.06. The van der Waals surface area contributed by atoms with E-state index in [9.17, 15) is 9.18 Å². The molecule has 4 aromatic rings. The molecule has 0 saturated carbocycles. The number of nitrogens with one attached hydrogen (secondary N) is 2. The molecule has 2 aliphatic heterocycles. The van der Waals surface area contributed by atoms with E-state index in [4.69, 9.17) is 14.5 Å². The topological polar surface area (TPSA) is 93.0 Å². The number of hydrogen-bond donors (Lipinski definition) is 2. The Morgan fingerprint density at radius 2 is 2.13 bits per heavy atom. The van der Waals surface area contributed by atoms with Crippen molar-refractivity contribution >= 4 is 23.1 Å². The van der Waals surface area contributed by atoms with Crippen LogP contribution in [-0.4, -0.2) is 66.2 Å². The Morgan fingerprint density at radius 1 is 1.26 bits per heavy atom. The Bertz CT molecular complexity index is 1560. The van der Waals surface area contributed by atoms with Crippen LogP contribution >= 0.6 is 0 Å². The molecule has 39 heavy (non-hydrogen) atoms. The molecule has 10 heteroatoms. The molecule has 2 N–H and O–H groups in total. The number of imidazole rings is 1. The van der Waals surface area contributed by atoms with Gasteiger partial charge in [0.1, 0.15) is 17.3 Å². The normalized spacial score (nSPS) is 18.6. The van der Waals surface area contributed by atoms with Crippen molar-refractivity contribution in [3.63, 3.8) is 0 Å². The van der Waals surface area contributed by atoms with E-state index >= 15 is 0 Å². The lowest BCUT2D eigenvalue weighted by molar-refractivity contribution is 0.0966. The smallest absolute Gasteiger partial charge is 0.254 e. The van der Waals surface area contributed by atoms with E-state index in [0.717, 1.165) is 34.5 Å². The van der Waals surface area contributed by atoms with E-state index in [2.05, 4.69) is 26.6 Å². The Labute approximate surface area is 226 Å². The molecular weight excluding hydrogens is 499 g/mol.